The van der Waals surface area contributed by atoms with Crippen molar-refractivity contribution in [3.63, 3.8) is 0 Å². The monoisotopic (exact) mass is 413 g/mol. The third-order valence-corrected chi connectivity index (χ3v) is 6.87. The second-order valence-electron chi connectivity index (χ2n) is 6.88. The molecule has 7 heteroatoms. The van der Waals surface area contributed by atoms with Gasteiger partial charge in [0, 0.05) is 11.6 Å². The maximum atomic E-state index is 11.7. The lowest BCUT2D eigenvalue weighted by atomic mass is 9.99. The lowest BCUT2D eigenvalue weighted by Gasteiger charge is -2.10. The maximum Gasteiger partial charge on any atom is 0.357 e. The first kappa shape index (κ1) is 19.2. The number of thiazole rings is 1. The van der Waals surface area contributed by atoms with Crippen molar-refractivity contribution in [3.8, 4) is 0 Å². The molecule has 0 aliphatic heterocycles. The van der Waals surface area contributed by atoms with E-state index in [1.807, 2.05) is 6.08 Å². The van der Waals surface area contributed by atoms with E-state index in [0.29, 0.717) is 21.7 Å². The molecule has 0 amide bonds. The van der Waals surface area contributed by atoms with Gasteiger partial charge in [0.2, 0.25) is 0 Å². The van der Waals surface area contributed by atoms with Gasteiger partial charge in [-0.3, -0.25) is 4.99 Å². The minimum atomic E-state index is -0.401. The number of rotatable bonds is 6. The van der Waals surface area contributed by atoms with Crippen LogP contribution in [0.5, 0.6) is 0 Å². The number of hydrogen-bond donors (Lipinski definition) is 1. The molecule has 1 aromatic carbocycles. The van der Waals surface area contributed by atoms with Crippen LogP contribution in [0.2, 0.25) is 0 Å². The Morgan fingerprint density at radius 3 is 2.68 bits per heavy atom. The molecule has 1 aromatic heterocycles. The van der Waals surface area contributed by atoms with Gasteiger partial charge in [0.25, 0.3) is 0 Å². The molecule has 2 aliphatic rings. The number of hydrogen-bond acceptors (Lipinski definition) is 7. The van der Waals surface area contributed by atoms with Crippen molar-refractivity contribution in [2.45, 2.75) is 49.8 Å². The summed E-state index contributed by atoms with van der Waals surface area (Å²) < 4.78 is 5.68. The Labute approximate surface area is 173 Å². The number of benzene rings is 1. The molecule has 2 aromatic rings. The highest BCUT2D eigenvalue weighted by Gasteiger charge is 2.23. The van der Waals surface area contributed by atoms with Gasteiger partial charge in [-0.25, -0.2) is 9.78 Å². The Morgan fingerprint density at radius 2 is 2.00 bits per heavy atom. The number of esters is 1. The number of aliphatic imine (C=N–C) groups is 1. The summed E-state index contributed by atoms with van der Waals surface area (Å²) in [7, 11) is 0. The van der Waals surface area contributed by atoms with Crippen LogP contribution in [-0.2, 0) is 30.4 Å². The molecule has 1 heterocycles. The average Bonchev–Trinajstić information content (AvgIpc) is 3.41. The molecule has 0 unspecified atom stereocenters. The van der Waals surface area contributed by atoms with Crippen LogP contribution in [0.25, 0.3) is 0 Å². The Kier molecular flexibility index (Phi) is 5.82. The van der Waals surface area contributed by atoms with Gasteiger partial charge in [-0.05, 0) is 85.5 Å². The highest BCUT2D eigenvalue weighted by Crippen LogP contribution is 2.40. The standard InChI is InChI=1S/C21H23N3O2S2/c1-2-26-20(25)17-12-27-21(24-17)28-18(22)9-10-23-19-15-7-3-5-13(15)11-14-6-4-8-16(14)19/h9-12H,2-8,22H2,1H3/b18-9+,23-10?. The zero-order valence-corrected chi connectivity index (χ0v) is 17.5. The topological polar surface area (TPSA) is 77.6 Å². The van der Waals surface area contributed by atoms with Crippen LogP contribution in [0.15, 0.2) is 31.9 Å². The minimum Gasteiger partial charge on any atom is -0.461 e. The molecule has 0 fully saturated rings. The number of carbonyl (C=O) groups excluding carboxylic acids is 1. The van der Waals surface area contributed by atoms with Crippen molar-refractivity contribution in [2.75, 3.05) is 6.61 Å². The van der Waals surface area contributed by atoms with E-state index in [1.165, 1.54) is 76.7 Å². The lowest BCUT2D eigenvalue weighted by molar-refractivity contribution is 0.0520. The smallest absolute Gasteiger partial charge is 0.357 e. The van der Waals surface area contributed by atoms with E-state index in [-0.39, 0.29) is 0 Å². The number of carbonyl (C=O) groups is 1. The minimum absolute atomic E-state index is 0.325. The fourth-order valence-electron chi connectivity index (χ4n) is 3.86. The molecule has 28 heavy (non-hydrogen) atoms. The molecular formula is C21H23N3O2S2. The van der Waals surface area contributed by atoms with Gasteiger partial charge in [-0.15, -0.1) is 11.3 Å². The van der Waals surface area contributed by atoms with Gasteiger partial charge in [-0.2, -0.15) is 0 Å². The Morgan fingerprint density at radius 1 is 1.29 bits per heavy atom. The van der Waals surface area contributed by atoms with Crippen LogP contribution >= 0.6 is 23.1 Å². The third kappa shape index (κ3) is 4.00. The van der Waals surface area contributed by atoms with E-state index in [4.69, 9.17) is 15.5 Å². The van der Waals surface area contributed by atoms with Crippen LogP contribution < -0.4 is 5.73 Å². The molecule has 0 spiro atoms. The predicted octanol–water partition coefficient (Wildman–Crippen LogP) is 4.59. The van der Waals surface area contributed by atoms with Crippen LogP contribution in [0.1, 0.15) is 52.5 Å². The van der Waals surface area contributed by atoms with Gasteiger partial charge in [0.05, 0.1) is 17.3 Å². The summed E-state index contributed by atoms with van der Waals surface area (Å²) in [4.78, 5) is 20.8. The van der Waals surface area contributed by atoms with E-state index in [0.717, 1.165) is 12.8 Å². The van der Waals surface area contributed by atoms with E-state index >= 15 is 0 Å². The number of nitrogens with two attached hydrogens (primary N) is 1. The summed E-state index contributed by atoms with van der Waals surface area (Å²) in [6, 6.07) is 2.41. The van der Waals surface area contributed by atoms with E-state index in [1.54, 1.807) is 18.5 Å². The van der Waals surface area contributed by atoms with Crippen LogP contribution in [-0.4, -0.2) is 23.8 Å². The largest absolute Gasteiger partial charge is 0.461 e. The van der Waals surface area contributed by atoms with Crippen LogP contribution in [0.4, 0.5) is 5.69 Å². The number of allylic oxidation sites excluding steroid dienone is 1. The Hall–Kier alpha value is -2.12. The van der Waals surface area contributed by atoms with Gasteiger partial charge >= 0.3 is 5.97 Å². The van der Waals surface area contributed by atoms with Gasteiger partial charge in [0.15, 0.2) is 10.0 Å². The summed E-state index contributed by atoms with van der Waals surface area (Å²) in [6.45, 7) is 2.11. The van der Waals surface area contributed by atoms with E-state index in [9.17, 15) is 4.79 Å². The zero-order chi connectivity index (χ0) is 19.5. The Bertz CT molecular complexity index is 931. The fourth-order valence-corrected chi connectivity index (χ4v) is 5.48. The number of aromatic nitrogens is 1. The summed E-state index contributed by atoms with van der Waals surface area (Å²) in [5.74, 6) is -0.401. The molecule has 0 atom stereocenters. The van der Waals surface area contributed by atoms with Crippen molar-refractivity contribution >= 4 is 41.0 Å². The highest BCUT2D eigenvalue weighted by atomic mass is 32.2. The van der Waals surface area contributed by atoms with Crippen molar-refractivity contribution in [1.29, 1.82) is 0 Å². The molecular weight excluding hydrogens is 390 g/mol. The van der Waals surface area contributed by atoms with Crippen molar-refractivity contribution in [2.24, 2.45) is 10.7 Å². The normalized spacial score (nSPS) is 15.8. The zero-order valence-electron chi connectivity index (χ0n) is 15.9. The van der Waals surface area contributed by atoms with Crippen molar-refractivity contribution in [3.05, 3.63) is 50.5 Å². The first-order valence-corrected chi connectivity index (χ1v) is 11.3. The predicted molar refractivity (Wildman–Crippen MR) is 115 cm³/mol. The van der Waals surface area contributed by atoms with E-state index in [2.05, 4.69) is 11.1 Å². The third-order valence-electron chi connectivity index (χ3n) is 5.06. The SMILES string of the molecule is CCOC(=O)c1csc(S/C(N)=C/C=Nc2c3c(cc4c2CCC4)CCC3)n1. The fraction of sp³-hybridized carbons (Fsp3) is 0.381. The van der Waals surface area contributed by atoms with Gasteiger partial charge in [-0.1, -0.05) is 6.07 Å². The second kappa shape index (κ2) is 8.49. The molecule has 0 radical (unpaired) electrons. The highest BCUT2D eigenvalue weighted by molar-refractivity contribution is 8.04. The summed E-state index contributed by atoms with van der Waals surface area (Å²) in [6.07, 6.45) is 10.7. The first-order valence-electron chi connectivity index (χ1n) is 9.62. The molecule has 0 saturated carbocycles. The molecule has 0 saturated heterocycles. The number of fused-ring (bicyclic) bond motifs is 2. The molecule has 146 valence electrons. The maximum absolute atomic E-state index is 11.7. The lowest BCUT2D eigenvalue weighted by Crippen LogP contribution is -2.04. The Balaban J connectivity index is 1.48. The van der Waals surface area contributed by atoms with E-state index < -0.39 is 5.97 Å². The number of ether oxygens (including phenoxy) is 1. The summed E-state index contributed by atoms with van der Waals surface area (Å²) in [5.41, 5.74) is 13.4. The molecule has 4 rings (SSSR count). The van der Waals surface area contributed by atoms with Crippen molar-refractivity contribution in [1.82, 2.24) is 4.98 Å². The average molecular weight is 414 g/mol. The molecule has 5 nitrogen and oxygen atoms in total. The molecule has 2 aliphatic carbocycles. The first-order chi connectivity index (χ1) is 13.7. The summed E-state index contributed by atoms with van der Waals surface area (Å²) in [5, 5.41) is 2.29. The molecule has 0 bridgehead atoms. The van der Waals surface area contributed by atoms with Crippen molar-refractivity contribution < 1.29 is 9.53 Å². The number of aryl methyl sites for hydroxylation is 2. The van der Waals surface area contributed by atoms with Crippen LogP contribution in [0, 0.1) is 0 Å². The number of nitrogens with zero attached hydrogens (tertiary/aromatic N) is 2. The van der Waals surface area contributed by atoms with Crippen LogP contribution in [0.3, 0.4) is 0 Å². The number of thioether (sulfide) groups is 1. The second-order valence-corrected chi connectivity index (χ2v) is 9.05. The molecule has 2 N–H and O–H groups in total. The quantitative estimate of drug-likeness (QED) is 0.426. The van der Waals surface area contributed by atoms with Gasteiger partial charge < -0.3 is 10.5 Å². The summed E-state index contributed by atoms with van der Waals surface area (Å²) >= 11 is 2.71. The van der Waals surface area contributed by atoms with Gasteiger partial charge in [0.1, 0.15) is 0 Å².